The van der Waals surface area contributed by atoms with Crippen LogP contribution in [0.5, 0.6) is 0 Å². The van der Waals surface area contributed by atoms with E-state index in [4.69, 9.17) is 9.47 Å². The van der Waals surface area contributed by atoms with Gasteiger partial charge in [-0.2, -0.15) is 0 Å². The van der Waals surface area contributed by atoms with Crippen LogP contribution >= 0.6 is 0 Å². The molecule has 1 heterocycles. The van der Waals surface area contributed by atoms with Gasteiger partial charge < -0.3 is 9.47 Å². The summed E-state index contributed by atoms with van der Waals surface area (Å²) in [5.74, 6) is 1.06. The van der Waals surface area contributed by atoms with Crippen molar-refractivity contribution in [2.24, 2.45) is 0 Å². The van der Waals surface area contributed by atoms with Crippen LogP contribution in [-0.4, -0.2) is 20.3 Å². The first-order valence-electron chi connectivity index (χ1n) is 3.24. The van der Waals surface area contributed by atoms with Crippen molar-refractivity contribution in [2.45, 2.75) is 12.8 Å². The zero-order valence-electron chi connectivity index (χ0n) is 5.72. The topological polar surface area (TPSA) is 18.5 Å². The summed E-state index contributed by atoms with van der Waals surface area (Å²) in [4.78, 5) is 0. The van der Waals surface area contributed by atoms with E-state index in [1.54, 1.807) is 7.11 Å². The summed E-state index contributed by atoms with van der Waals surface area (Å²) in [5.41, 5.74) is 0. The van der Waals surface area contributed by atoms with Gasteiger partial charge in [0.2, 0.25) is 0 Å². The molecule has 1 aliphatic heterocycles. The standard InChI is InChI=1S/C7H12O2/c1-8-7-3-2-5-9-6-4-7/h4H,2-3,5-6H2,1H3. The fraction of sp³-hybridized carbons (Fsp3) is 0.714. The number of ether oxygens (including phenoxy) is 2. The Labute approximate surface area is 55.5 Å². The van der Waals surface area contributed by atoms with Gasteiger partial charge in [-0.15, -0.1) is 0 Å². The van der Waals surface area contributed by atoms with Crippen LogP contribution in [0, 0.1) is 0 Å². The van der Waals surface area contributed by atoms with Gasteiger partial charge in [-0.1, -0.05) is 0 Å². The summed E-state index contributed by atoms with van der Waals surface area (Å²) in [5, 5.41) is 0. The van der Waals surface area contributed by atoms with Gasteiger partial charge in [0.05, 0.1) is 19.5 Å². The summed E-state index contributed by atoms with van der Waals surface area (Å²) in [6.07, 6.45) is 4.10. The number of rotatable bonds is 1. The molecule has 0 atom stereocenters. The van der Waals surface area contributed by atoms with Crippen molar-refractivity contribution in [2.75, 3.05) is 20.3 Å². The van der Waals surface area contributed by atoms with Crippen LogP contribution in [0.4, 0.5) is 0 Å². The van der Waals surface area contributed by atoms with E-state index in [1.807, 2.05) is 6.08 Å². The third-order valence-corrected chi connectivity index (χ3v) is 1.40. The third-order valence-electron chi connectivity index (χ3n) is 1.40. The summed E-state index contributed by atoms with van der Waals surface area (Å²) in [7, 11) is 1.71. The second-order valence-electron chi connectivity index (χ2n) is 2.05. The fourth-order valence-electron chi connectivity index (χ4n) is 0.871. The van der Waals surface area contributed by atoms with Gasteiger partial charge in [0.15, 0.2) is 0 Å². The first-order chi connectivity index (χ1) is 4.43. The lowest BCUT2D eigenvalue weighted by Gasteiger charge is -1.99. The van der Waals surface area contributed by atoms with E-state index < -0.39 is 0 Å². The Morgan fingerprint density at radius 2 is 2.56 bits per heavy atom. The Kier molecular flexibility index (Phi) is 2.58. The van der Waals surface area contributed by atoms with E-state index in [-0.39, 0.29) is 0 Å². The highest BCUT2D eigenvalue weighted by atomic mass is 16.5. The lowest BCUT2D eigenvalue weighted by molar-refractivity contribution is 0.165. The molecular formula is C7H12O2. The predicted octanol–water partition coefficient (Wildman–Crippen LogP) is 1.33. The predicted molar refractivity (Wildman–Crippen MR) is 35.1 cm³/mol. The largest absolute Gasteiger partial charge is 0.501 e. The van der Waals surface area contributed by atoms with Crippen LogP contribution in [0.1, 0.15) is 12.8 Å². The van der Waals surface area contributed by atoms with Gasteiger partial charge >= 0.3 is 0 Å². The molecule has 2 nitrogen and oxygen atoms in total. The minimum absolute atomic E-state index is 0.711. The number of hydrogen-bond donors (Lipinski definition) is 0. The molecule has 0 amide bonds. The Balaban J connectivity index is 2.37. The summed E-state index contributed by atoms with van der Waals surface area (Å²) >= 11 is 0. The Bertz CT molecular complexity index is 107. The van der Waals surface area contributed by atoms with E-state index in [1.165, 1.54) is 0 Å². The first-order valence-corrected chi connectivity index (χ1v) is 3.24. The molecule has 0 spiro atoms. The molecule has 0 bridgehead atoms. The van der Waals surface area contributed by atoms with Crippen LogP contribution in [-0.2, 0) is 9.47 Å². The molecule has 0 aromatic heterocycles. The van der Waals surface area contributed by atoms with Gasteiger partial charge in [0, 0.05) is 13.0 Å². The molecule has 0 N–H and O–H groups in total. The fourth-order valence-corrected chi connectivity index (χ4v) is 0.871. The molecule has 9 heavy (non-hydrogen) atoms. The summed E-state index contributed by atoms with van der Waals surface area (Å²) in [6, 6.07) is 0. The molecule has 0 radical (unpaired) electrons. The Morgan fingerprint density at radius 1 is 1.67 bits per heavy atom. The van der Waals surface area contributed by atoms with Crippen molar-refractivity contribution in [1.82, 2.24) is 0 Å². The SMILES string of the molecule is COC1=CCOCCC1. The molecule has 0 aliphatic carbocycles. The third kappa shape index (κ3) is 2.06. The molecule has 0 saturated carbocycles. The second kappa shape index (κ2) is 3.51. The highest BCUT2D eigenvalue weighted by molar-refractivity contribution is 4.94. The lowest BCUT2D eigenvalue weighted by atomic mass is 10.3. The molecule has 0 fully saturated rings. The van der Waals surface area contributed by atoms with Crippen molar-refractivity contribution in [3.8, 4) is 0 Å². The summed E-state index contributed by atoms with van der Waals surface area (Å²) in [6.45, 7) is 1.58. The average Bonchev–Trinajstić information content (AvgIpc) is 2.13. The highest BCUT2D eigenvalue weighted by Gasteiger charge is 2.00. The number of allylic oxidation sites excluding steroid dienone is 1. The zero-order valence-corrected chi connectivity index (χ0v) is 5.72. The van der Waals surface area contributed by atoms with Gasteiger partial charge in [-0.25, -0.2) is 0 Å². The van der Waals surface area contributed by atoms with Gasteiger partial charge in [-0.05, 0) is 12.5 Å². The molecule has 0 aromatic rings. The van der Waals surface area contributed by atoms with E-state index in [0.717, 1.165) is 25.2 Å². The van der Waals surface area contributed by atoms with Gasteiger partial charge in [0.1, 0.15) is 0 Å². The van der Waals surface area contributed by atoms with Crippen LogP contribution in [0.3, 0.4) is 0 Å². The first kappa shape index (κ1) is 6.62. The van der Waals surface area contributed by atoms with Crippen molar-refractivity contribution in [3.05, 3.63) is 11.8 Å². The molecule has 52 valence electrons. The Morgan fingerprint density at radius 3 is 3.33 bits per heavy atom. The molecule has 0 unspecified atom stereocenters. The second-order valence-corrected chi connectivity index (χ2v) is 2.05. The minimum Gasteiger partial charge on any atom is -0.501 e. The molecule has 0 aromatic carbocycles. The lowest BCUT2D eigenvalue weighted by Crippen LogP contribution is -1.88. The maximum atomic E-state index is 5.17. The summed E-state index contributed by atoms with van der Waals surface area (Å²) < 4.78 is 10.2. The molecule has 1 aliphatic rings. The number of hydrogen-bond acceptors (Lipinski definition) is 2. The maximum absolute atomic E-state index is 5.17. The smallest absolute Gasteiger partial charge is 0.0939 e. The van der Waals surface area contributed by atoms with Crippen molar-refractivity contribution < 1.29 is 9.47 Å². The maximum Gasteiger partial charge on any atom is 0.0939 e. The monoisotopic (exact) mass is 128 g/mol. The van der Waals surface area contributed by atoms with E-state index in [2.05, 4.69) is 0 Å². The Hall–Kier alpha value is -0.500. The van der Waals surface area contributed by atoms with E-state index >= 15 is 0 Å². The molecule has 1 rings (SSSR count). The highest BCUT2D eigenvalue weighted by Crippen LogP contribution is 2.08. The van der Waals surface area contributed by atoms with Gasteiger partial charge in [0.25, 0.3) is 0 Å². The van der Waals surface area contributed by atoms with Crippen LogP contribution < -0.4 is 0 Å². The van der Waals surface area contributed by atoms with Crippen molar-refractivity contribution in [3.63, 3.8) is 0 Å². The van der Waals surface area contributed by atoms with Crippen LogP contribution in [0.2, 0.25) is 0 Å². The molecule has 2 heteroatoms. The van der Waals surface area contributed by atoms with Crippen molar-refractivity contribution in [1.29, 1.82) is 0 Å². The molecular weight excluding hydrogens is 116 g/mol. The van der Waals surface area contributed by atoms with Crippen LogP contribution in [0.15, 0.2) is 11.8 Å². The van der Waals surface area contributed by atoms with E-state index in [9.17, 15) is 0 Å². The van der Waals surface area contributed by atoms with Gasteiger partial charge in [-0.3, -0.25) is 0 Å². The van der Waals surface area contributed by atoms with E-state index in [0.29, 0.717) is 6.61 Å². The minimum atomic E-state index is 0.711. The normalized spacial score (nSPS) is 20.3. The zero-order chi connectivity index (χ0) is 6.53. The molecule has 0 saturated heterocycles. The average molecular weight is 128 g/mol. The van der Waals surface area contributed by atoms with Crippen molar-refractivity contribution >= 4 is 0 Å². The number of methoxy groups -OCH3 is 1. The quantitative estimate of drug-likeness (QED) is 0.530. The van der Waals surface area contributed by atoms with Crippen LogP contribution in [0.25, 0.3) is 0 Å².